The van der Waals surface area contributed by atoms with Crippen molar-refractivity contribution < 1.29 is 0 Å². The zero-order valence-corrected chi connectivity index (χ0v) is 12.9. The van der Waals surface area contributed by atoms with E-state index in [0.717, 1.165) is 11.4 Å². The van der Waals surface area contributed by atoms with Gasteiger partial charge in [0.1, 0.15) is 12.0 Å². The van der Waals surface area contributed by atoms with Gasteiger partial charge < -0.3 is 11.1 Å². The summed E-state index contributed by atoms with van der Waals surface area (Å²) in [5.41, 5.74) is 14.3. The smallest absolute Gasteiger partial charge is 0.173 e. The Hall–Kier alpha value is -2.99. The fourth-order valence-electron chi connectivity index (χ4n) is 1.92. The Balaban J connectivity index is 1.74. The van der Waals surface area contributed by atoms with E-state index in [1.54, 1.807) is 12.1 Å². The number of hydrogen-bond donors (Lipinski definition) is 4. The van der Waals surface area contributed by atoms with Crippen molar-refractivity contribution >= 4 is 40.3 Å². The standard InChI is InChI=1S/C16H15ClN6/c17-11-6-8-12(9-7-11)21-15-14(18)16(20-10-19-15)23-22-13-4-2-1-3-5-13/h1-10,22H,18H2,(H2,19,20,21,23). The lowest BCUT2D eigenvalue weighted by molar-refractivity contribution is 1.16. The van der Waals surface area contributed by atoms with Crippen LogP contribution in [0.4, 0.5) is 28.7 Å². The van der Waals surface area contributed by atoms with Crippen LogP contribution in [-0.4, -0.2) is 9.97 Å². The van der Waals surface area contributed by atoms with Crippen molar-refractivity contribution in [3.63, 3.8) is 0 Å². The van der Waals surface area contributed by atoms with Crippen LogP contribution in [0.15, 0.2) is 60.9 Å². The highest BCUT2D eigenvalue weighted by molar-refractivity contribution is 6.30. The molecule has 0 aliphatic carbocycles. The minimum Gasteiger partial charge on any atom is -0.393 e. The lowest BCUT2D eigenvalue weighted by Crippen LogP contribution is -2.13. The fourth-order valence-corrected chi connectivity index (χ4v) is 2.04. The number of hydrogen-bond acceptors (Lipinski definition) is 6. The van der Waals surface area contributed by atoms with Gasteiger partial charge in [-0.05, 0) is 36.4 Å². The number of halogens is 1. The minimum absolute atomic E-state index is 0.408. The van der Waals surface area contributed by atoms with Gasteiger partial charge in [0, 0.05) is 10.7 Å². The molecule has 6 nitrogen and oxygen atoms in total. The van der Waals surface area contributed by atoms with Gasteiger partial charge in [0.05, 0.1) is 5.69 Å². The van der Waals surface area contributed by atoms with Crippen LogP contribution in [0.5, 0.6) is 0 Å². The quantitative estimate of drug-likeness (QED) is 0.532. The molecular formula is C16H15ClN6. The summed E-state index contributed by atoms with van der Waals surface area (Å²) in [6.07, 6.45) is 1.43. The third-order valence-electron chi connectivity index (χ3n) is 3.09. The first-order valence-electron chi connectivity index (χ1n) is 6.92. The Morgan fingerprint density at radius 3 is 2.22 bits per heavy atom. The topological polar surface area (TPSA) is 87.9 Å². The molecule has 1 aromatic heterocycles. The Morgan fingerprint density at radius 2 is 1.48 bits per heavy atom. The molecule has 7 heteroatoms. The monoisotopic (exact) mass is 326 g/mol. The zero-order chi connectivity index (χ0) is 16.1. The first kappa shape index (κ1) is 14.9. The van der Waals surface area contributed by atoms with Crippen molar-refractivity contribution in [2.75, 3.05) is 21.9 Å². The predicted octanol–water partition coefficient (Wildman–Crippen LogP) is 3.89. The molecule has 0 fully saturated rings. The van der Waals surface area contributed by atoms with Gasteiger partial charge in [-0.25, -0.2) is 9.97 Å². The van der Waals surface area contributed by atoms with Crippen LogP contribution in [0.3, 0.4) is 0 Å². The normalized spacial score (nSPS) is 10.1. The highest BCUT2D eigenvalue weighted by Crippen LogP contribution is 2.26. The number of benzene rings is 2. The molecular weight excluding hydrogens is 312 g/mol. The Kier molecular flexibility index (Phi) is 4.44. The SMILES string of the molecule is Nc1c(NNc2ccccc2)ncnc1Nc1ccc(Cl)cc1. The summed E-state index contributed by atoms with van der Waals surface area (Å²) in [4.78, 5) is 8.30. The molecule has 0 bridgehead atoms. The molecule has 23 heavy (non-hydrogen) atoms. The second-order valence-corrected chi connectivity index (χ2v) is 5.17. The minimum atomic E-state index is 0.408. The number of nitrogens with two attached hydrogens (primary N) is 1. The average Bonchev–Trinajstić information content (AvgIpc) is 2.58. The van der Waals surface area contributed by atoms with Gasteiger partial charge in [0.25, 0.3) is 0 Å². The fraction of sp³-hybridized carbons (Fsp3) is 0. The molecule has 5 N–H and O–H groups in total. The van der Waals surface area contributed by atoms with Crippen molar-refractivity contribution in [3.05, 3.63) is 65.9 Å². The van der Waals surface area contributed by atoms with E-state index in [0.29, 0.717) is 22.3 Å². The first-order valence-corrected chi connectivity index (χ1v) is 7.30. The van der Waals surface area contributed by atoms with Crippen molar-refractivity contribution in [1.82, 2.24) is 9.97 Å². The molecule has 2 aromatic carbocycles. The van der Waals surface area contributed by atoms with Gasteiger partial charge in [-0.15, -0.1) is 0 Å². The molecule has 0 spiro atoms. The number of para-hydroxylation sites is 1. The molecule has 0 unspecified atom stereocenters. The van der Waals surface area contributed by atoms with E-state index < -0.39 is 0 Å². The van der Waals surface area contributed by atoms with Crippen LogP contribution in [0.25, 0.3) is 0 Å². The average molecular weight is 327 g/mol. The number of rotatable bonds is 5. The molecule has 0 aliphatic rings. The van der Waals surface area contributed by atoms with Crippen LogP contribution in [0.1, 0.15) is 0 Å². The third-order valence-corrected chi connectivity index (χ3v) is 3.34. The molecule has 0 saturated heterocycles. The van der Waals surface area contributed by atoms with Gasteiger partial charge in [-0.1, -0.05) is 29.8 Å². The van der Waals surface area contributed by atoms with E-state index in [9.17, 15) is 0 Å². The lowest BCUT2D eigenvalue weighted by Gasteiger charge is -2.13. The van der Waals surface area contributed by atoms with E-state index >= 15 is 0 Å². The maximum absolute atomic E-state index is 6.11. The number of nitrogen functional groups attached to an aromatic ring is 1. The second-order valence-electron chi connectivity index (χ2n) is 4.73. The summed E-state index contributed by atoms with van der Waals surface area (Å²) in [5.74, 6) is 1.00. The summed E-state index contributed by atoms with van der Waals surface area (Å²) >= 11 is 5.87. The number of nitrogens with zero attached hydrogens (tertiary/aromatic N) is 2. The van der Waals surface area contributed by atoms with Crippen molar-refractivity contribution in [1.29, 1.82) is 0 Å². The molecule has 116 valence electrons. The van der Waals surface area contributed by atoms with E-state index in [1.165, 1.54) is 6.33 Å². The van der Waals surface area contributed by atoms with Gasteiger partial charge in [-0.3, -0.25) is 10.9 Å². The second kappa shape index (κ2) is 6.85. The van der Waals surface area contributed by atoms with E-state index in [2.05, 4.69) is 26.1 Å². The highest BCUT2D eigenvalue weighted by atomic mass is 35.5. The molecule has 0 saturated carbocycles. The number of nitrogens with one attached hydrogen (secondary N) is 3. The summed E-state index contributed by atoms with van der Waals surface area (Å²) < 4.78 is 0. The number of aromatic nitrogens is 2. The summed E-state index contributed by atoms with van der Waals surface area (Å²) in [7, 11) is 0. The van der Waals surface area contributed by atoms with Crippen LogP contribution in [0, 0.1) is 0 Å². The summed E-state index contributed by atoms with van der Waals surface area (Å²) in [5, 5.41) is 3.80. The molecule has 3 aromatic rings. The van der Waals surface area contributed by atoms with Gasteiger partial charge in [0.2, 0.25) is 0 Å². The van der Waals surface area contributed by atoms with Gasteiger partial charge in [-0.2, -0.15) is 0 Å². The third kappa shape index (κ3) is 3.81. The molecule has 1 heterocycles. The van der Waals surface area contributed by atoms with Gasteiger partial charge >= 0.3 is 0 Å². The molecule has 3 rings (SSSR count). The maximum atomic E-state index is 6.11. The zero-order valence-electron chi connectivity index (χ0n) is 12.1. The van der Waals surface area contributed by atoms with Crippen LogP contribution in [-0.2, 0) is 0 Å². The summed E-state index contributed by atoms with van der Waals surface area (Å²) in [6, 6.07) is 16.9. The van der Waals surface area contributed by atoms with Gasteiger partial charge in [0.15, 0.2) is 11.6 Å². The molecule has 0 atom stereocenters. The number of anilines is 5. The van der Waals surface area contributed by atoms with Crippen LogP contribution >= 0.6 is 11.6 Å². The molecule has 0 amide bonds. The van der Waals surface area contributed by atoms with E-state index in [-0.39, 0.29) is 0 Å². The summed E-state index contributed by atoms with van der Waals surface area (Å²) in [6.45, 7) is 0. The highest BCUT2D eigenvalue weighted by Gasteiger charge is 2.08. The maximum Gasteiger partial charge on any atom is 0.173 e. The predicted molar refractivity (Wildman–Crippen MR) is 94.9 cm³/mol. The Labute approximate surface area is 138 Å². The van der Waals surface area contributed by atoms with Crippen LogP contribution in [0.2, 0.25) is 5.02 Å². The first-order chi connectivity index (χ1) is 11.2. The Morgan fingerprint density at radius 1 is 0.783 bits per heavy atom. The van der Waals surface area contributed by atoms with Crippen molar-refractivity contribution in [3.8, 4) is 0 Å². The van der Waals surface area contributed by atoms with E-state index in [1.807, 2.05) is 42.5 Å². The largest absolute Gasteiger partial charge is 0.393 e. The van der Waals surface area contributed by atoms with Crippen molar-refractivity contribution in [2.24, 2.45) is 0 Å². The lowest BCUT2D eigenvalue weighted by atomic mass is 10.3. The molecule has 0 radical (unpaired) electrons. The van der Waals surface area contributed by atoms with Crippen molar-refractivity contribution in [2.45, 2.75) is 0 Å². The number of hydrazine groups is 1. The van der Waals surface area contributed by atoms with E-state index in [4.69, 9.17) is 17.3 Å². The van der Waals surface area contributed by atoms with Crippen LogP contribution < -0.4 is 21.9 Å². The molecule has 0 aliphatic heterocycles. The Bertz CT molecular complexity index is 776.